The highest BCUT2D eigenvalue weighted by Gasteiger charge is 2.34. The Morgan fingerprint density at radius 2 is 1.79 bits per heavy atom. The fourth-order valence-corrected chi connectivity index (χ4v) is 3.76. The van der Waals surface area contributed by atoms with E-state index in [2.05, 4.69) is 6.92 Å². The fourth-order valence-electron chi connectivity index (χ4n) is 3.04. The average Bonchev–Trinajstić information content (AvgIpc) is 3.07. The smallest absolute Gasteiger partial charge is 0.166 e. The first-order chi connectivity index (χ1) is 11.4. The lowest BCUT2D eigenvalue weighted by atomic mass is 9.89. The molecule has 0 saturated carbocycles. The van der Waals surface area contributed by atoms with Crippen LogP contribution in [0.4, 0.5) is 13.2 Å². The van der Waals surface area contributed by atoms with Gasteiger partial charge in [-0.05, 0) is 41.0 Å². The minimum absolute atomic E-state index is 0.0689. The molecule has 0 amide bonds. The predicted molar refractivity (Wildman–Crippen MR) is 96.5 cm³/mol. The van der Waals surface area contributed by atoms with Gasteiger partial charge in [0.15, 0.2) is 0 Å². The lowest BCUT2D eigenvalue weighted by Crippen LogP contribution is -2.11. The normalized spacial score (nSPS) is 13.2. The molecule has 0 N–H and O–H groups in total. The largest absolute Gasteiger partial charge is 0.416 e. The van der Waals surface area contributed by atoms with Crippen molar-refractivity contribution >= 4 is 11.3 Å². The first kappa shape index (κ1) is 19.0. The summed E-state index contributed by atoms with van der Waals surface area (Å²) in [6.07, 6.45) is 2.16. The Labute approximate surface area is 146 Å². The highest BCUT2D eigenvalue weighted by molar-refractivity contribution is 7.13. The Balaban J connectivity index is 2.16. The summed E-state index contributed by atoms with van der Waals surface area (Å²) in [6, 6.07) is 8.53. The maximum Gasteiger partial charge on any atom is 0.416 e. The highest BCUT2D eigenvalue weighted by atomic mass is 32.1. The number of hydrogen-bond donors (Lipinski definition) is 0. The van der Waals surface area contributed by atoms with E-state index in [4.69, 9.17) is 0 Å². The third-order valence-electron chi connectivity index (χ3n) is 4.44. The molecule has 1 aromatic carbocycles. The van der Waals surface area contributed by atoms with E-state index in [0.717, 1.165) is 24.1 Å². The second-order valence-electron chi connectivity index (χ2n) is 6.38. The molecule has 0 aliphatic rings. The van der Waals surface area contributed by atoms with Gasteiger partial charge in [-0.1, -0.05) is 64.2 Å². The molecule has 1 atom stereocenters. The van der Waals surface area contributed by atoms with Crippen molar-refractivity contribution in [3.8, 4) is 10.4 Å². The molecule has 0 radical (unpaired) electrons. The molecule has 1 heterocycles. The van der Waals surface area contributed by atoms with Crippen molar-refractivity contribution in [1.29, 1.82) is 0 Å². The van der Waals surface area contributed by atoms with Gasteiger partial charge in [-0.25, -0.2) is 0 Å². The Bertz CT molecular complexity index is 614. The van der Waals surface area contributed by atoms with Gasteiger partial charge >= 0.3 is 6.18 Å². The minimum atomic E-state index is -4.31. The van der Waals surface area contributed by atoms with Gasteiger partial charge in [0.2, 0.25) is 0 Å². The van der Waals surface area contributed by atoms with Crippen molar-refractivity contribution < 1.29 is 13.2 Å². The third-order valence-corrected chi connectivity index (χ3v) is 5.35. The Kier molecular flexibility index (Phi) is 6.90. The first-order valence-electron chi connectivity index (χ1n) is 8.68. The van der Waals surface area contributed by atoms with Crippen molar-refractivity contribution in [1.82, 2.24) is 0 Å². The molecule has 0 bridgehead atoms. The number of halogens is 3. The van der Waals surface area contributed by atoms with Gasteiger partial charge in [0.05, 0.1) is 5.56 Å². The van der Waals surface area contributed by atoms with Crippen molar-refractivity contribution in [3.63, 3.8) is 0 Å². The maximum absolute atomic E-state index is 13.5. The van der Waals surface area contributed by atoms with Gasteiger partial charge in [0.25, 0.3) is 0 Å². The third kappa shape index (κ3) is 5.10. The zero-order chi connectivity index (χ0) is 17.6. The topological polar surface area (TPSA) is 0 Å². The van der Waals surface area contributed by atoms with E-state index in [0.29, 0.717) is 11.1 Å². The van der Waals surface area contributed by atoms with E-state index >= 15 is 0 Å². The summed E-state index contributed by atoms with van der Waals surface area (Å²) in [6.45, 7) is 4.07. The summed E-state index contributed by atoms with van der Waals surface area (Å²) >= 11 is 1.46. The molecule has 2 rings (SSSR count). The van der Waals surface area contributed by atoms with Crippen LogP contribution in [0.15, 0.2) is 35.7 Å². The van der Waals surface area contributed by atoms with Crippen LogP contribution >= 0.6 is 11.3 Å². The summed E-state index contributed by atoms with van der Waals surface area (Å²) in [7, 11) is 0. The number of benzene rings is 1. The van der Waals surface area contributed by atoms with E-state index in [1.807, 2.05) is 30.5 Å². The van der Waals surface area contributed by atoms with E-state index < -0.39 is 11.7 Å². The molecule has 0 aliphatic heterocycles. The van der Waals surface area contributed by atoms with Gasteiger partial charge in [0, 0.05) is 4.88 Å². The maximum atomic E-state index is 13.5. The molecule has 132 valence electrons. The Hall–Kier alpha value is -1.29. The molecule has 1 aromatic heterocycles. The number of unbranched alkanes of at least 4 members (excludes halogenated alkanes) is 4. The van der Waals surface area contributed by atoms with Crippen LogP contribution in [0.2, 0.25) is 0 Å². The van der Waals surface area contributed by atoms with Crippen molar-refractivity contribution in [3.05, 3.63) is 46.8 Å². The second-order valence-corrected chi connectivity index (χ2v) is 7.33. The summed E-state index contributed by atoms with van der Waals surface area (Å²) in [5, 5.41) is 1.88. The summed E-state index contributed by atoms with van der Waals surface area (Å²) in [4.78, 5) is 0.874. The summed E-state index contributed by atoms with van der Waals surface area (Å²) < 4.78 is 40.6. The first-order valence-corrected chi connectivity index (χ1v) is 9.56. The molecule has 24 heavy (non-hydrogen) atoms. The second kappa shape index (κ2) is 8.70. The fraction of sp³-hybridized carbons (Fsp3) is 0.500. The van der Waals surface area contributed by atoms with E-state index in [9.17, 15) is 13.2 Å². The molecule has 0 spiro atoms. The molecule has 0 unspecified atom stereocenters. The van der Waals surface area contributed by atoms with Gasteiger partial charge in [-0.3, -0.25) is 0 Å². The quantitative estimate of drug-likeness (QED) is 0.423. The zero-order valence-corrected chi connectivity index (χ0v) is 15.1. The van der Waals surface area contributed by atoms with Crippen LogP contribution in [0.3, 0.4) is 0 Å². The van der Waals surface area contributed by atoms with E-state index in [1.165, 1.54) is 36.7 Å². The van der Waals surface area contributed by atoms with Crippen LogP contribution in [-0.4, -0.2) is 0 Å². The lowest BCUT2D eigenvalue weighted by Gasteiger charge is -2.19. The minimum Gasteiger partial charge on any atom is -0.166 e. The van der Waals surface area contributed by atoms with Gasteiger partial charge < -0.3 is 0 Å². The monoisotopic (exact) mass is 354 g/mol. The number of rotatable bonds is 8. The van der Waals surface area contributed by atoms with E-state index in [1.54, 1.807) is 6.07 Å². The summed E-state index contributed by atoms with van der Waals surface area (Å²) in [5.41, 5.74) is 0.601. The highest BCUT2D eigenvalue weighted by Crippen LogP contribution is 2.39. The summed E-state index contributed by atoms with van der Waals surface area (Å²) in [5.74, 6) is -0.0689. The predicted octanol–water partition coefficient (Wildman–Crippen LogP) is 7.90. The number of hydrogen-bond acceptors (Lipinski definition) is 1. The molecule has 0 aliphatic carbocycles. The lowest BCUT2D eigenvalue weighted by molar-refractivity contribution is -0.138. The average molecular weight is 354 g/mol. The van der Waals surface area contributed by atoms with E-state index in [-0.39, 0.29) is 5.92 Å². The van der Waals surface area contributed by atoms with Crippen molar-refractivity contribution in [2.24, 2.45) is 0 Å². The van der Waals surface area contributed by atoms with Gasteiger partial charge in [0.1, 0.15) is 0 Å². The Morgan fingerprint density at radius 3 is 2.42 bits per heavy atom. The molecular weight excluding hydrogens is 329 g/mol. The number of thiophene rings is 1. The molecule has 0 fully saturated rings. The molecular formula is C20H25F3S. The zero-order valence-electron chi connectivity index (χ0n) is 14.3. The molecule has 0 saturated heterocycles. The number of alkyl halides is 3. The van der Waals surface area contributed by atoms with Crippen LogP contribution in [-0.2, 0) is 6.18 Å². The van der Waals surface area contributed by atoms with Gasteiger partial charge in [-0.15, -0.1) is 11.3 Å². The standard InChI is InChI=1S/C20H25F3S/c1-3-4-5-6-7-9-15(2)17-12-11-16(19-10-8-13-24-19)14-18(17)20(21,22)23/h8,10-15H,3-7,9H2,1-2H3/t15-/m0/s1. The van der Waals surface area contributed by atoms with Crippen LogP contribution in [0.25, 0.3) is 10.4 Å². The van der Waals surface area contributed by atoms with Crippen LogP contribution in [0.5, 0.6) is 0 Å². The van der Waals surface area contributed by atoms with Crippen molar-refractivity contribution in [2.45, 2.75) is 64.5 Å². The van der Waals surface area contributed by atoms with Crippen LogP contribution < -0.4 is 0 Å². The molecule has 4 heteroatoms. The Morgan fingerprint density at radius 1 is 1.04 bits per heavy atom. The van der Waals surface area contributed by atoms with Gasteiger partial charge in [-0.2, -0.15) is 13.2 Å². The van der Waals surface area contributed by atoms with Crippen LogP contribution in [0, 0.1) is 0 Å². The van der Waals surface area contributed by atoms with Crippen LogP contribution in [0.1, 0.15) is 69.4 Å². The molecule has 0 nitrogen and oxygen atoms in total. The SMILES string of the molecule is CCCCCCC[C@H](C)c1ccc(-c2cccs2)cc1C(F)(F)F. The van der Waals surface area contributed by atoms with Crippen molar-refractivity contribution in [2.75, 3.05) is 0 Å². The molecule has 2 aromatic rings.